The van der Waals surface area contributed by atoms with Crippen molar-refractivity contribution in [3.8, 4) is 5.75 Å². The van der Waals surface area contributed by atoms with Gasteiger partial charge in [0.2, 0.25) is 0 Å². The van der Waals surface area contributed by atoms with Crippen LogP contribution in [-0.4, -0.2) is 37.2 Å². The molecule has 4 heteroatoms. The fraction of sp³-hybridized carbons (Fsp3) is 0.444. The third-order valence-electron chi connectivity index (χ3n) is 4.45. The highest BCUT2D eigenvalue weighted by Crippen LogP contribution is 2.21. The number of nitrogens with two attached hydrogens (primary N) is 1. The van der Waals surface area contributed by atoms with E-state index in [1.165, 1.54) is 17.2 Å². The van der Waals surface area contributed by atoms with Crippen molar-refractivity contribution in [1.82, 2.24) is 4.90 Å². The highest BCUT2D eigenvalue weighted by atomic mass is 35.5. The van der Waals surface area contributed by atoms with Crippen LogP contribution in [0.15, 0.2) is 42.5 Å². The number of rotatable bonds is 5. The lowest BCUT2D eigenvalue weighted by Crippen LogP contribution is -2.31. The molecule has 22 heavy (non-hydrogen) atoms. The van der Waals surface area contributed by atoms with Crippen LogP contribution < -0.4 is 10.5 Å². The fourth-order valence-electron chi connectivity index (χ4n) is 3.04. The topological polar surface area (TPSA) is 38.5 Å². The van der Waals surface area contributed by atoms with Crippen molar-refractivity contribution in [2.24, 2.45) is 11.7 Å². The number of nitrogens with zero attached hydrogens (tertiary/aromatic N) is 1. The number of benzene rings is 2. The lowest BCUT2D eigenvalue weighted by Gasteiger charge is -2.18. The van der Waals surface area contributed by atoms with E-state index < -0.39 is 0 Å². The minimum absolute atomic E-state index is 0. The molecule has 1 heterocycles. The van der Waals surface area contributed by atoms with Crippen molar-refractivity contribution in [1.29, 1.82) is 0 Å². The summed E-state index contributed by atoms with van der Waals surface area (Å²) >= 11 is 0. The monoisotopic (exact) mass is 320 g/mol. The maximum atomic E-state index is 5.97. The highest BCUT2D eigenvalue weighted by Gasteiger charge is 2.24. The van der Waals surface area contributed by atoms with Gasteiger partial charge in [-0.15, -0.1) is 12.4 Å². The second-order valence-corrected chi connectivity index (χ2v) is 6.07. The van der Waals surface area contributed by atoms with E-state index >= 15 is 0 Å². The van der Waals surface area contributed by atoms with Gasteiger partial charge in [-0.1, -0.05) is 30.3 Å². The maximum Gasteiger partial charge on any atom is 0.120 e. The Morgan fingerprint density at radius 3 is 2.73 bits per heavy atom. The van der Waals surface area contributed by atoms with Gasteiger partial charge >= 0.3 is 0 Å². The molecule has 0 radical (unpaired) electrons. The van der Waals surface area contributed by atoms with Gasteiger partial charge in [-0.2, -0.15) is 0 Å². The lowest BCUT2D eigenvalue weighted by molar-refractivity contribution is 0.231. The molecule has 0 bridgehead atoms. The molecular weight excluding hydrogens is 296 g/mol. The average molecular weight is 321 g/mol. The number of hydrogen-bond acceptors (Lipinski definition) is 3. The molecule has 1 saturated heterocycles. The van der Waals surface area contributed by atoms with Crippen LogP contribution in [-0.2, 0) is 0 Å². The van der Waals surface area contributed by atoms with Crippen LogP contribution in [0.25, 0.3) is 10.8 Å². The molecule has 0 aromatic heterocycles. The van der Waals surface area contributed by atoms with Crippen LogP contribution in [0.2, 0.25) is 0 Å². The number of fused-ring (bicyclic) bond motifs is 1. The summed E-state index contributed by atoms with van der Waals surface area (Å²) in [5, 5.41) is 2.48. The summed E-state index contributed by atoms with van der Waals surface area (Å²) in [5.74, 6) is 1.60. The highest BCUT2D eigenvalue weighted by molar-refractivity contribution is 5.85. The Hall–Kier alpha value is -1.29. The molecule has 2 aromatic rings. The van der Waals surface area contributed by atoms with Gasteiger partial charge in [0.05, 0.1) is 0 Å². The summed E-state index contributed by atoms with van der Waals surface area (Å²) in [6.45, 7) is 6.09. The second kappa shape index (κ2) is 7.82. The molecule has 3 nitrogen and oxygen atoms in total. The van der Waals surface area contributed by atoms with E-state index in [4.69, 9.17) is 10.5 Å². The fourth-order valence-corrected chi connectivity index (χ4v) is 3.04. The van der Waals surface area contributed by atoms with Crippen LogP contribution in [0.3, 0.4) is 0 Å². The Morgan fingerprint density at radius 2 is 2.00 bits per heavy atom. The number of hydrogen-bond donors (Lipinski definition) is 1. The zero-order valence-corrected chi connectivity index (χ0v) is 13.9. The van der Waals surface area contributed by atoms with Gasteiger partial charge < -0.3 is 10.5 Å². The Balaban J connectivity index is 0.00000176. The van der Waals surface area contributed by atoms with E-state index in [0.29, 0.717) is 12.0 Å². The first kappa shape index (κ1) is 17.1. The first-order valence-electron chi connectivity index (χ1n) is 7.82. The smallest absolute Gasteiger partial charge is 0.120 e. The predicted octanol–water partition coefficient (Wildman–Crippen LogP) is 3.31. The predicted molar refractivity (Wildman–Crippen MR) is 94.9 cm³/mol. The van der Waals surface area contributed by atoms with E-state index in [1.54, 1.807) is 0 Å². The molecule has 1 fully saturated rings. The molecule has 2 N–H and O–H groups in total. The molecule has 120 valence electrons. The summed E-state index contributed by atoms with van der Waals surface area (Å²) in [4.78, 5) is 2.45. The van der Waals surface area contributed by atoms with Crippen molar-refractivity contribution in [3.63, 3.8) is 0 Å². The standard InChI is InChI=1S/C18H24N2O.ClH/c1-14(19)17-8-9-20(13-17)10-11-21-18-7-6-15-4-2-3-5-16(15)12-18;/h2-7,12,14,17H,8-11,13,19H2,1H3;1H. The van der Waals surface area contributed by atoms with Crippen molar-refractivity contribution >= 4 is 23.2 Å². The van der Waals surface area contributed by atoms with E-state index in [2.05, 4.69) is 54.3 Å². The van der Waals surface area contributed by atoms with Gasteiger partial charge in [0, 0.05) is 19.1 Å². The molecule has 1 aliphatic rings. The Labute approximate surface area is 138 Å². The molecule has 1 aliphatic heterocycles. The number of halogens is 1. The van der Waals surface area contributed by atoms with Crippen molar-refractivity contribution in [2.75, 3.05) is 26.2 Å². The second-order valence-electron chi connectivity index (χ2n) is 6.07. The minimum atomic E-state index is 0. The van der Waals surface area contributed by atoms with Gasteiger partial charge in [-0.3, -0.25) is 4.90 Å². The van der Waals surface area contributed by atoms with Crippen LogP contribution in [0.5, 0.6) is 5.75 Å². The molecular formula is C18H25ClN2O. The molecule has 0 aliphatic carbocycles. The minimum Gasteiger partial charge on any atom is -0.492 e. The number of likely N-dealkylation sites (tertiary alicyclic amines) is 1. The van der Waals surface area contributed by atoms with E-state index in [9.17, 15) is 0 Å². The van der Waals surface area contributed by atoms with Crippen LogP contribution >= 0.6 is 12.4 Å². The molecule has 0 spiro atoms. The third-order valence-corrected chi connectivity index (χ3v) is 4.45. The quantitative estimate of drug-likeness (QED) is 0.918. The summed E-state index contributed by atoms with van der Waals surface area (Å²) in [7, 11) is 0. The maximum absolute atomic E-state index is 5.97. The zero-order chi connectivity index (χ0) is 14.7. The van der Waals surface area contributed by atoms with E-state index in [-0.39, 0.29) is 12.4 Å². The van der Waals surface area contributed by atoms with Gasteiger partial charge in [-0.05, 0) is 48.7 Å². The summed E-state index contributed by atoms with van der Waals surface area (Å²) in [6.07, 6.45) is 1.22. The molecule has 0 saturated carbocycles. The lowest BCUT2D eigenvalue weighted by atomic mass is 10.0. The van der Waals surface area contributed by atoms with Crippen LogP contribution in [0.1, 0.15) is 13.3 Å². The summed E-state index contributed by atoms with van der Waals surface area (Å²) < 4.78 is 5.90. The van der Waals surface area contributed by atoms with E-state index in [1.807, 2.05) is 0 Å². The average Bonchev–Trinajstić information content (AvgIpc) is 2.96. The number of ether oxygens (including phenoxy) is 1. The normalized spacial score (nSPS) is 19.8. The van der Waals surface area contributed by atoms with Crippen molar-refractivity contribution in [2.45, 2.75) is 19.4 Å². The Morgan fingerprint density at radius 1 is 1.23 bits per heavy atom. The SMILES string of the molecule is CC(N)C1CCN(CCOc2ccc3ccccc3c2)C1.Cl. The first-order valence-corrected chi connectivity index (χ1v) is 7.82. The van der Waals surface area contributed by atoms with Crippen LogP contribution in [0.4, 0.5) is 0 Å². The largest absolute Gasteiger partial charge is 0.492 e. The van der Waals surface area contributed by atoms with Crippen LogP contribution in [0, 0.1) is 5.92 Å². The molecule has 2 aromatic carbocycles. The zero-order valence-electron chi connectivity index (χ0n) is 13.1. The van der Waals surface area contributed by atoms with Gasteiger partial charge in [-0.25, -0.2) is 0 Å². The Bertz CT molecular complexity index is 602. The first-order chi connectivity index (χ1) is 10.2. The van der Waals surface area contributed by atoms with Gasteiger partial charge in [0.15, 0.2) is 0 Å². The van der Waals surface area contributed by atoms with Crippen molar-refractivity contribution < 1.29 is 4.74 Å². The molecule has 2 atom stereocenters. The van der Waals surface area contributed by atoms with Crippen molar-refractivity contribution in [3.05, 3.63) is 42.5 Å². The van der Waals surface area contributed by atoms with Gasteiger partial charge in [0.1, 0.15) is 12.4 Å². The molecule has 3 rings (SSSR count). The van der Waals surface area contributed by atoms with E-state index in [0.717, 1.165) is 32.0 Å². The Kier molecular flexibility index (Phi) is 6.07. The molecule has 2 unspecified atom stereocenters. The molecule has 0 amide bonds. The summed E-state index contributed by atoms with van der Waals surface area (Å²) in [6, 6.07) is 15.0. The third kappa shape index (κ3) is 4.13. The summed E-state index contributed by atoms with van der Waals surface area (Å²) in [5.41, 5.74) is 5.97. The van der Waals surface area contributed by atoms with Gasteiger partial charge in [0.25, 0.3) is 0 Å².